The molecule has 0 saturated heterocycles. The molecule has 0 aromatic heterocycles. The molecule has 6 heteroatoms. The number of fused-ring (bicyclic) bond motifs is 1. The second kappa shape index (κ2) is 6.70. The number of hydrogen-bond acceptors (Lipinski definition) is 4. The highest BCUT2D eigenvalue weighted by Crippen LogP contribution is 2.32. The Bertz CT molecular complexity index is 691. The molecule has 1 heterocycles. The predicted molar refractivity (Wildman–Crippen MR) is 88.7 cm³/mol. The van der Waals surface area contributed by atoms with E-state index < -0.39 is 0 Å². The molecule has 0 bridgehead atoms. The summed E-state index contributed by atoms with van der Waals surface area (Å²) in [6.45, 7) is 1.27. The molecule has 0 radical (unpaired) electrons. The summed E-state index contributed by atoms with van der Waals surface area (Å²) in [6.07, 6.45) is 0. The van der Waals surface area contributed by atoms with Crippen LogP contribution in [0.1, 0.15) is 0 Å². The molecule has 0 unspecified atom stereocenters. The Kier molecular flexibility index (Phi) is 4.48. The fraction of sp³-hybridized carbons (Fsp3) is 0.188. The third-order valence-corrected chi connectivity index (χ3v) is 3.83. The van der Waals surface area contributed by atoms with Crippen LogP contribution in [0.5, 0.6) is 11.5 Å². The molecule has 3 rings (SSSR count). The van der Waals surface area contributed by atoms with Crippen LogP contribution in [0.3, 0.4) is 0 Å². The van der Waals surface area contributed by atoms with Crippen LogP contribution >= 0.6 is 15.9 Å². The van der Waals surface area contributed by atoms with Gasteiger partial charge in [-0.1, -0.05) is 12.1 Å². The summed E-state index contributed by atoms with van der Waals surface area (Å²) in [6, 6.07) is 13.0. The summed E-state index contributed by atoms with van der Waals surface area (Å²) < 4.78 is 11.8. The van der Waals surface area contributed by atoms with E-state index >= 15 is 0 Å². The molecule has 1 amide bonds. The number of anilines is 2. The van der Waals surface area contributed by atoms with Gasteiger partial charge in [0.25, 0.3) is 0 Å². The average Bonchev–Trinajstić information content (AvgIpc) is 2.55. The summed E-state index contributed by atoms with van der Waals surface area (Å²) in [4.78, 5) is 12.0. The first-order chi connectivity index (χ1) is 10.7. The van der Waals surface area contributed by atoms with Gasteiger partial charge in [-0.15, -0.1) is 0 Å². The topological polar surface area (TPSA) is 59.6 Å². The summed E-state index contributed by atoms with van der Waals surface area (Å²) >= 11 is 3.40. The van der Waals surface area contributed by atoms with Crippen molar-refractivity contribution in [3.8, 4) is 11.5 Å². The monoisotopic (exact) mass is 362 g/mol. The molecular formula is C16H15BrN2O3. The zero-order valence-electron chi connectivity index (χ0n) is 11.8. The van der Waals surface area contributed by atoms with Gasteiger partial charge in [-0.2, -0.15) is 0 Å². The number of ether oxygens (including phenoxy) is 2. The molecule has 22 heavy (non-hydrogen) atoms. The molecular weight excluding hydrogens is 348 g/mol. The Balaban J connectivity index is 1.58. The van der Waals surface area contributed by atoms with Crippen molar-refractivity contribution in [2.45, 2.75) is 0 Å². The van der Waals surface area contributed by atoms with E-state index in [2.05, 4.69) is 26.6 Å². The fourth-order valence-corrected chi connectivity index (χ4v) is 2.48. The van der Waals surface area contributed by atoms with Gasteiger partial charge in [0.15, 0.2) is 11.5 Å². The Hall–Kier alpha value is -2.21. The SMILES string of the molecule is O=C(CNc1ccc2c(c1)OCCO2)Nc1ccccc1Br. The molecule has 0 saturated carbocycles. The number of rotatable bonds is 4. The van der Waals surface area contributed by atoms with Crippen LogP contribution in [-0.2, 0) is 4.79 Å². The second-order valence-corrected chi connectivity index (χ2v) is 5.59. The minimum absolute atomic E-state index is 0.123. The molecule has 1 aliphatic rings. The van der Waals surface area contributed by atoms with Gasteiger partial charge in [-0.3, -0.25) is 4.79 Å². The summed E-state index contributed by atoms with van der Waals surface area (Å²) in [7, 11) is 0. The van der Waals surface area contributed by atoms with E-state index in [4.69, 9.17) is 9.47 Å². The first-order valence-corrected chi connectivity index (χ1v) is 7.69. The lowest BCUT2D eigenvalue weighted by molar-refractivity contribution is -0.114. The van der Waals surface area contributed by atoms with Crippen LogP contribution in [0.25, 0.3) is 0 Å². The third kappa shape index (κ3) is 3.51. The van der Waals surface area contributed by atoms with Gasteiger partial charge in [0.2, 0.25) is 5.91 Å². The predicted octanol–water partition coefficient (Wildman–Crippen LogP) is 3.27. The molecule has 0 fully saturated rings. The zero-order chi connectivity index (χ0) is 15.4. The van der Waals surface area contributed by atoms with Gasteiger partial charge < -0.3 is 20.1 Å². The Morgan fingerprint density at radius 3 is 2.68 bits per heavy atom. The average molecular weight is 363 g/mol. The van der Waals surface area contributed by atoms with E-state index in [-0.39, 0.29) is 12.5 Å². The quantitative estimate of drug-likeness (QED) is 0.876. The van der Waals surface area contributed by atoms with Crippen LogP contribution in [0.15, 0.2) is 46.9 Å². The normalized spacial score (nSPS) is 12.6. The zero-order valence-corrected chi connectivity index (χ0v) is 13.4. The van der Waals surface area contributed by atoms with Crippen LogP contribution in [0, 0.1) is 0 Å². The molecule has 0 atom stereocenters. The van der Waals surface area contributed by atoms with E-state index in [9.17, 15) is 4.79 Å². The summed E-state index contributed by atoms with van der Waals surface area (Å²) in [5.41, 5.74) is 1.56. The van der Waals surface area contributed by atoms with Crippen molar-refractivity contribution in [1.29, 1.82) is 0 Å². The minimum atomic E-state index is -0.123. The standard InChI is InChI=1S/C16H15BrN2O3/c17-12-3-1-2-4-13(12)19-16(20)10-18-11-5-6-14-15(9-11)22-8-7-21-14/h1-6,9,18H,7-8,10H2,(H,19,20). The van der Waals surface area contributed by atoms with Gasteiger partial charge in [-0.05, 0) is 40.2 Å². The van der Waals surface area contributed by atoms with Crippen molar-refractivity contribution in [3.63, 3.8) is 0 Å². The lowest BCUT2D eigenvalue weighted by Crippen LogP contribution is -2.22. The highest BCUT2D eigenvalue weighted by atomic mass is 79.9. The Morgan fingerprint density at radius 2 is 1.86 bits per heavy atom. The van der Waals surface area contributed by atoms with Gasteiger partial charge >= 0.3 is 0 Å². The van der Waals surface area contributed by atoms with E-state index in [1.165, 1.54) is 0 Å². The highest BCUT2D eigenvalue weighted by Gasteiger charge is 2.12. The fourth-order valence-electron chi connectivity index (χ4n) is 2.09. The van der Waals surface area contributed by atoms with Crippen LogP contribution < -0.4 is 20.1 Å². The van der Waals surface area contributed by atoms with Crippen LogP contribution in [-0.4, -0.2) is 25.7 Å². The van der Waals surface area contributed by atoms with Gasteiger partial charge in [-0.25, -0.2) is 0 Å². The van der Waals surface area contributed by atoms with Crippen molar-refractivity contribution in [2.24, 2.45) is 0 Å². The molecule has 2 aromatic carbocycles. The van der Waals surface area contributed by atoms with Crippen molar-refractivity contribution >= 4 is 33.2 Å². The molecule has 1 aliphatic heterocycles. The molecule has 2 N–H and O–H groups in total. The maximum Gasteiger partial charge on any atom is 0.243 e. The number of benzene rings is 2. The van der Waals surface area contributed by atoms with Crippen molar-refractivity contribution < 1.29 is 14.3 Å². The highest BCUT2D eigenvalue weighted by molar-refractivity contribution is 9.10. The molecule has 0 spiro atoms. The smallest absolute Gasteiger partial charge is 0.243 e. The van der Waals surface area contributed by atoms with Gasteiger partial charge in [0.1, 0.15) is 13.2 Å². The number of nitrogens with one attached hydrogen (secondary N) is 2. The lowest BCUT2D eigenvalue weighted by atomic mass is 10.2. The number of para-hydroxylation sites is 1. The Morgan fingerprint density at radius 1 is 1.09 bits per heavy atom. The summed E-state index contributed by atoms with van der Waals surface area (Å²) in [5, 5.41) is 5.91. The molecule has 2 aromatic rings. The maximum atomic E-state index is 12.0. The second-order valence-electron chi connectivity index (χ2n) is 4.74. The molecule has 5 nitrogen and oxygen atoms in total. The third-order valence-electron chi connectivity index (χ3n) is 3.14. The van der Waals surface area contributed by atoms with Gasteiger partial charge in [0.05, 0.1) is 12.2 Å². The van der Waals surface area contributed by atoms with E-state index in [1.54, 1.807) is 0 Å². The molecule has 0 aliphatic carbocycles. The van der Waals surface area contributed by atoms with Crippen LogP contribution in [0.4, 0.5) is 11.4 Å². The first kappa shape index (κ1) is 14.7. The Labute approximate surface area is 136 Å². The van der Waals surface area contributed by atoms with Crippen molar-refractivity contribution in [3.05, 3.63) is 46.9 Å². The first-order valence-electron chi connectivity index (χ1n) is 6.90. The van der Waals surface area contributed by atoms with E-state index in [0.29, 0.717) is 19.0 Å². The number of halogens is 1. The maximum absolute atomic E-state index is 12.0. The number of amides is 1. The van der Waals surface area contributed by atoms with E-state index in [1.807, 2.05) is 42.5 Å². The number of carbonyl (C=O) groups excluding carboxylic acids is 1. The molecule has 114 valence electrons. The van der Waals surface area contributed by atoms with Crippen LogP contribution in [0.2, 0.25) is 0 Å². The lowest BCUT2D eigenvalue weighted by Gasteiger charge is -2.19. The van der Waals surface area contributed by atoms with Gasteiger partial charge in [0, 0.05) is 16.2 Å². The van der Waals surface area contributed by atoms with Crippen molar-refractivity contribution in [2.75, 3.05) is 30.4 Å². The number of hydrogen-bond donors (Lipinski definition) is 2. The number of carbonyl (C=O) groups is 1. The van der Waals surface area contributed by atoms with Crippen molar-refractivity contribution in [1.82, 2.24) is 0 Å². The minimum Gasteiger partial charge on any atom is -0.486 e. The largest absolute Gasteiger partial charge is 0.486 e. The summed E-state index contributed by atoms with van der Waals surface area (Å²) in [5.74, 6) is 1.30. The van der Waals surface area contributed by atoms with E-state index in [0.717, 1.165) is 21.6 Å².